The standard InChI is InChI=1S/C21H28N6O4S/c1-5-31-12-10-22-18-15-13-24-27(19(15)26-21(25-18)32-4)11-9-23-20(28)14-7-6-8-16(29-2)17(14)30-3/h6-8,13H,5,9-12H2,1-4H3,(H,23,28)(H,22,25,26). The molecule has 0 radical (unpaired) electrons. The van der Waals surface area contributed by atoms with E-state index in [9.17, 15) is 4.79 Å². The molecule has 2 N–H and O–H groups in total. The Bertz CT molecular complexity index is 1060. The van der Waals surface area contributed by atoms with Crippen molar-refractivity contribution in [1.82, 2.24) is 25.1 Å². The normalized spacial score (nSPS) is 10.9. The quantitative estimate of drug-likeness (QED) is 0.239. The molecule has 0 aliphatic heterocycles. The first-order chi connectivity index (χ1) is 15.6. The molecule has 11 heteroatoms. The second kappa shape index (κ2) is 11.5. The van der Waals surface area contributed by atoms with E-state index in [4.69, 9.17) is 14.2 Å². The van der Waals surface area contributed by atoms with E-state index in [1.807, 2.05) is 13.2 Å². The van der Waals surface area contributed by atoms with Gasteiger partial charge in [-0.3, -0.25) is 4.79 Å². The second-order valence-corrected chi connectivity index (χ2v) is 7.36. The van der Waals surface area contributed by atoms with E-state index < -0.39 is 0 Å². The number of ether oxygens (including phenoxy) is 3. The summed E-state index contributed by atoms with van der Waals surface area (Å²) in [5.74, 6) is 1.37. The highest BCUT2D eigenvalue weighted by molar-refractivity contribution is 7.98. The van der Waals surface area contributed by atoms with Gasteiger partial charge in [-0.25, -0.2) is 14.6 Å². The van der Waals surface area contributed by atoms with E-state index in [1.165, 1.54) is 26.0 Å². The molecule has 0 aliphatic rings. The minimum atomic E-state index is -0.255. The number of para-hydroxylation sites is 1. The number of amides is 1. The van der Waals surface area contributed by atoms with Gasteiger partial charge in [-0.2, -0.15) is 5.10 Å². The lowest BCUT2D eigenvalue weighted by Gasteiger charge is -2.13. The number of aromatic nitrogens is 4. The van der Waals surface area contributed by atoms with Crippen LogP contribution in [0.25, 0.3) is 11.0 Å². The number of nitrogens with zero attached hydrogens (tertiary/aromatic N) is 4. The van der Waals surface area contributed by atoms with E-state index in [0.29, 0.717) is 60.7 Å². The van der Waals surface area contributed by atoms with E-state index in [0.717, 1.165) is 11.2 Å². The number of methoxy groups -OCH3 is 2. The van der Waals surface area contributed by atoms with Crippen molar-refractivity contribution in [2.24, 2.45) is 0 Å². The molecule has 1 aromatic carbocycles. The Kier molecular flexibility index (Phi) is 8.51. The summed E-state index contributed by atoms with van der Waals surface area (Å²) in [5, 5.41) is 12.1. The minimum absolute atomic E-state index is 0.255. The van der Waals surface area contributed by atoms with Crippen LogP contribution in [-0.4, -0.2) is 72.4 Å². The molecule has 0 saturated heterocycles. The summed E-state index contributed by atoms with van der Waals surface area (Å²) >= 11 is 1.46. The van der Waals surface area contributed by atoms with Crippen molar-refractivity contribution in [1.29, 1.82) is 0 Å². The zero-order valence-corrected chi connectivity index (χ0v) is 19.5. The molecule has 0 aliphatic carbocycles. The van der Waals surface area contributed by atoms with Gasteiger partial charge in [0.25, 0.3) is 5.91 Å². The Morgan fingerprint density at radius 3 is 2.75 bits per heavy atom. The Labute approximate surface area is 191 Å². The number of nitrogens with one attached hydrogen (secondary N) is 2. The van der Waals surface area contributed by atoms with Crippen LogP contribution in [0.2, 0.25) is 0 Å². The van der Waals surface area contributed by atoms with Gasteiger partial charge in [0.05, 0.1) is 44.5 Å². The van der Waals surface area contributed by atoms with Gasteiger partial charge in [-0.05, 0) is 25.3 Å². The number of hydrogen-bond acceptors (Lipinski definition) is 9. The number of anilines is 1. The summed E-state index contributed by atoms with van der Waals surface area (Å²) in [6.45, 7) is 4.67. The van der Waals surface area contributed by atoms with Crippen molar-refractivity contribution in [3.63, 3.8) is 0 Å². The van der Waals surface area contributed by atoms with Gasteiger partial charge in [0.15, 0.2) is 22.3 Å². The second-order valence-electron chi connectivity index (χ2n) is 6.58. The summed E-state index contributed by atoms with van der Waals surface area (Å²) in [4.78, 5) is 21.8. The predicted molar refractivity (Wildman–Crippen MR) is 124 cm³/mol. The molecular formula is C21H28N6O4S. The first-order valence-electron chi connectivity index (χ1n) is 10.2. The van der Waals surface area contributed by atoms with Crippen molar-refractivity contribution in [3.8, 4) is 11.5 Å². The van der Waals surface area contributed by atoms with Crippen LogP contribution >= 0.6 is 11.8 Å². The van der Waals surface area contributed by atoms with Crippen LogP contribution in [0.3, 0.4) is 0 Å². The van der Waals surface area contributed by atoms with Gasteiger partial charge in [-0.15, -0.1) is 0 Å². The highest BCUT2D eigenvalue weighted by Gasteiger charge is 2.17. The van der Waals surface area contributed by atoms with Gasteiger partial charge in [0.1, 0.15) is 5.82 Å². The number of benzene rings is 1. The smallest absolute Gasteiger partial charge is 0.255 e. The molecule has 3 aromatic rings. The minimum Gasteiger partial charge on any atom is -0.493 e. The van der Waals surface area contributed by atoms with Crippen molar-refractivity contribution >= 4 is 34.5 Å². The fourth-order valence-corrected chi connectivity index (χ4v) is 3.51. The van der Waals surface area contributed by atoms with Crippen LogP contribution in [-0.2, 0) is 11.3 Å². The molecule has 0 bridgehead atoms. The topological polar surface area (TPSA) is 112 Å². The maximum atomic E-state index is 12.7. The van der Waals surface area contributed by atoms with Crippen LogP contribution in [0.1, 0.15) is 17.3 Å². The highest BCUT2D eigenvalue weighted by Crippen LogP contribution is 2.30. The molecule has 10 nitrogen and oxygen atoms in total. The molecule has 0 unspecified atom stereocenters. The molecule has 32 heavy (non-hydrogen) atoms. The van der Waals surface area contributed by atoms with Gasteiger partial charge in [0, 0.05) is 19.7 Å². The summed E-state index contributed by atoms with van der Waals surface area (Å²) in [7, 11) is 3.04. The largest absolute Gasteiger partial charge is 0.493 e. The van der Waals surface area contributed by atoms with E-state index in [2.05, 4.69) is 25.7 Å². The van der Waals surface area contributed by atoms with Crippen molar-refractivity contribution in [2.45, 2.75) is 18.6 Å². The van der Waals surface area contributed by atoms with Gasteiger partial charge in [-0.1, -0.05) is 17.8 Å². The predicted octanol–water partition coefficient (Wildman–Crippen LogP) is 2.44. The summed E-state index contributed by atoms with van der Waals surface area (Å²) in [6.07, 6.45) is 3.66. The first-order valence-corrected chi connectivity index (χ1v) is 11.4. The lowest BCUT2D eigenvalue weighted by molar-refractivity contribution is 0.0948. The summed E-state index contributed by atoms with van der Waals surface area (Å²) in [5.41, 5.74) is 1.11. The van der Waals surface area contributed by atoms with E-state index >= 15 is 0 Å². The number of rotatable bonds is 12. The zero-order valence-electron chi connectivity index (χ0n) is 18.7. The van der Waals surface area contributed by atoms with Crippen LogP contribution < -0.4 is 20.1 Å². The Morgan fingerprint density at radius 1 is 1.19 bits per heavy atom. The van der Waals surface area contributed by atoms with Crippen LogP contribution in [0.4, 0.5) is 5.82 Å². The molecule has 172 valence electrons. The van der Waals surface area contributed by atoms with Crippen LogP contribution in [0.15, 0.2) is 29.6 Å². The molecule has 0 spiro atoms. The maximum Gasteiger partial charge on any atom is 0.255 e. The Balaban J connectivity index is 1.71. The van der Waals surface area contributed by atoms with E-state index in [-0.39, 0.29) is 5.91 Å². The molecular weight excluding hydrogens is 432 g/mol. The molecule has 2 heterocycles. The fraction of sp³-hybridized carbons (Fsp3) is 0.429. The molecule has 0 atom stereocenters. The fourth-order valence-electron chi connectivity index (χ4n) is 3.15. The zero-order chi connectivity index (χ0) is 22.9. The third kappa shape index (κ3) is 5.40. The van der Waals surface area contributed by atoms with Crippen molar-refractivity contribution in [2.75, 3.05) is 52.1 Å². The SMILES string of the molecule is CCOCCNc1nc(SC)nc2c1cnn2CCNC(=O)c1cccc(OC)c1OC. The lowest BCUT2D eigenvalue weighted by atomic mass is 10.1. The lowest BCUT2D eigenvalue weighted by Crippen LogP contribution is -2.28. The van der Waals surface area contributed by atoms with Gasteiger partial charge >= 0.3 is 0 Å². The Hall–Kier alpha value is -3.05. The highest BCUT2D eigenvalue weighted by atomic mass is 32.2. The Morgan fingerprint density at radius 2 is 2.03 bits per heavy atom. The van der Waals surface area contributed by atoms with Gasteiger partial charge in [0.2, 0.25) is 0 Å². The first kappa shape index (κ1) is 23.6. The number of carbonyl (C=O) groups is 1. The van der Waals surface area contributed by atoms with Crippen LogP contribution in [0, 0.1) is 0 Å². The number of carbonyl (C=O) groups excluding carboxylic acids is 1. The molecule has 3 rings (SSSR count). The van der Waals surface area contributed by atoms with Crippen molar-refractivity contribution in [3.05, 3.63) is 30.0 Å². The van der Waals surface area contributed by atoms with Crippen LogP contribution in [0.5, 0.6) is 11.5 Å². The third-order valence-electron chi connectivity index (χ3n) is 4.66. The number of thioether (sulfide) groups is 1. The van der Waals surface area contributed by atoms with Gasteiger partial charge < -0.3 is 24.8 Å². The maximum absolute atomic E-state index is 12.7. The van der Waals surface area contributed by atoms with Crippen molar-refractivity contribution < 1.29 is 19.0 Å². The average Bonchev–Trinajstić information content (AvgIpc) is 3.23. The molecule has 2 aromatic heterocycles. The number of fused-ring (bicyclic) bond motifs is 1. The monoisotopic (exact) mass is 460 g/mol. The molecule has 0 fully saturated rings. The number of hydrogen-bond donors (Lipinski definition) is 2. The summed E-state index contributed by atoms with van der Waals surface area (Å²) < 4.78 is 17.8. The van der Waals surface area contributed by atoms with E-state index in [1.54, 1.807) is 29.1 Å². The third-order valence-corrected chi connectivity index (χ3v) is 5.21. The average molecular weight is 461 g/mol. The molecule has 0 saturated carbocycles. The summed E-state index contributed by atoms with van der Waals surface area (Å²) in [6, 6.07) is 5.19. The molecule has 1 amide bonds.